The lowest BCUT2D eigenvalue weighted by atomic mass is 9.71. The molecule has 148 valence electrons. The molecule has 0 aliphatic carbocycles. The first kappa shape index (κ1) is 18.7. The van der Waals surface area contributed by atoms with Crippen molar-refractivity contribution in [3.05, 3.63) is 54.1 Å². The molecule has 4 rings (SSSR count). The lowest BCUT2D eigenvalue weighted by molar-refractivity contribution is -0.137. The summed E-state index contributed by atoms with van der Waals surface area (Å²) in [4.78, 5) is 35.4. The molecule has 0 spiro atoms. The Labute approximate surface area is 165 Å². The Hall–Kier alpha value is -2.63. The van der Waals surface area contributed by atoms with E-state index in [4.69, 9.17) is 0 Å². The monoisotopic (exact) mass is 380 g/mol. The van der Waals surface area contributed by atoms with Crippen LogP contribution in [0.25, 0.3) is 0 Å². The minimum Gasteiger partial charge on any atom is -0.348 e. The molecule has 6 heteroatoms. The van der Waals surface area contributed by atoms with Gasteiger partial charge in [0.2, 0.25) is 11.8 Å². The molecule has 0 saturated carbocycles. The molecule has 2 amide bonds. The fourth-order valence-corrected chi connectivity index (χ4v) is 5.10. The smallest absolute Gasteiger partial charge is 0.228 e. The zero-order valence-electron chi connectivity index (χ0n) is 16.4. The normalized spacial score (nSPS) is 25.8. The van der Waals surface area contributed by atoms with Crippen molar-refractivity contribution in [3.63, 3.8) is 0 Å². The molecule has 2 fully saturated rings. The molecule has 1 aromatic heterocycles. The van der Waals surface area contributed by atoms with Crippen LogP contribution in [-0.2, 0) is 22.6 Å². The average molecular weight is 380 g/mol. The van der Waals surface area contributed by atoms with Gasteiger partial charge in [-0.25, -0.2) is 4.98 Å². The number of hydrogen-bond acceptors (Lipinski definition) is 3. The third-order valence-corrected chi connectivity index (χ3v) is 6.55. The van der Waals surface area contributed by atoms with Crippen molar-refractivity contribution < 1.29 is 9.59 Å². The van der Waals surface area contributed by atoms with Gasteiger partial charge < -0.3 is 15.2 Å². The predicted octanol–water partition coefficient (Wildman–Crippen LogP) is 2.82. The van der Waals surface area contributed by atoms with Crippen molar-refractivity contribution in [1.82, 2.24) is 20.2 Å². The van der Waals surface area contributed by atoms with Crippen LogP contribution in [-0.4, -0.2) is 38.8 Å². The zero-order chi connectivity index (χ0) is 19.6. The van der Waals surface area contributed by atoms with Crippen LogP contribution in [0.4, 0.5) is 0 Å². The van der Waals surface area contributed by atoms with Crippen LogP contribution >= 0.6 is 0 Å². The van der Waals surface area contributed by atoms with Crippen LogP contribution in [0.2, 0.25) is 0 Å². The number of nitrogens with one attached hydrogen (secondary N) is 2. The Morgan fingerprint density at radius 3 is 2.82 bits per heavy atom. The number of benzene rings is 1. The van der Waals surface area contributed by atoms with Gasteiger partial charge in [0.15, 0.2) is 0 Å². The van der Waals surface area contributed by atoms with E-state index >= 15 is 0 Å². The highest BCUT2D eigenvalue weighted by molar-refractivity contribution is 5.87. The van der Waals surface area contributed by atoms with Crippen molar-refractivity contribution in [3.8, 4) is 0 Å². The second kappa shape index (κ2) is 7.78. The van der Waals surface area contributed by atoms with Gasteiger partial charge in [0, 0.05) is 30.9 Å². The highest BCUT2D eigenvalue weighted by Crippen LogP contribution is 2.52. The van der Waals surface area contributed by atoms with Gasteiger partial charge >= 0.3 is 0 Å². The number of nitrogens with zero attached hydrogens (tertiary/aromatic N) is 2. The topological polar surface area (TPSA) is 78.1 Å². The molecule has 6 nitrogen and oxygen atoms in total. The molecule has 28 heavy (non-hydrogen) atoms. The van der Waals surface area contributed by atoms with Crippen LogP contribution in [0, 0.1) is 5.41 Å². The fourth-order valence-electron chi connectivity index (χ4n) is 5.10. The number of imidazole rings is 1. The minimum absolute atomic E-state index is 0.0161. The summed E-state index contributed by atoms with van der Waals surface area (Å²) in [5, 5.41) is 3.05. The molecule has 0 unspecified atom stereocenters. The third-order valence-electron chi connectivity index (χ3n) is 6.55. The van der Waals surface area contributed by atoms with Gasteiger partial charge in [-0.2, -0.15) is 0 Å². The SMILES string of the molecule is CC[C@@]1(C(=O)NCc2ncc[nH]2)C[C@@H]2CC[C@H]1N2C(=O)CCc1ccccc1. The average Bonchev–Trinajstić information content (AvgIpc) is 3.46. The van der Waals surface area contributed by atoms with Crippen LogP contribution in [0.1, 0.15) is 50.4 Å². The van der Waals surface area contributed by atoms with Crippen LogP contribution in [0.5, 0.6) is 0 Å². The summed E-state index contributed by atoms with van der Waals surface area (Å²) < 4.78 is 0. The fraction of sp³-hybridized carbons (Fsp3) is 0.500. The first-order chi connectivity index (χ1) is 13.6. The standard InChI is InChI=1S/C22H28N4O2/c1-2-22(21(28)25-15-19-23-12-13-24-19)14-17-9-10-18(22)26(17)20(27)11-8-16-6-4-3-5-7-16/h3-7,12-13,17-18H,2,8-11,14-15H2,1H3,(H,23,24)(H,25,28)/t17-,18+,22+/m0/s1. The van der Waals surface area contributed by atoms with Gasteiger partial charge in [-0.3, -0.25) is 9.59 Å². The second-order valence-corrected chi connectivity index (χ2v) is 7.97. The molecule has 2 bridgehead atoms. The van der Waals surface area contributed by atoms with E-state index in [0.29, 0.717) is 13.0 Å². The van der Waals surface area contributed by atoms with E-state index in [1.807, 2.05) is 23.1 Å². The summed E-state index contributed by atoms with van der Waals surface area (Å²) in [6.07, 6.45) is 8.14. The number of fused-ring (bicyclic) bond motifs is 2. The quantitative estimate of drug-likeness (QED) is 0.775. The molecule has 3 heterocycles. The summed E-state index contributed by atoms with van der Waals surface area (Å²) in [7, 11) is 0. The summed E-state index contributed by atoms with van der Waals surface area (Å²) in [6, 6.07) is 10.3. The highest BCUT2D eigenvalue weighted by Gasteiger charge is 2.59. The van der Waals surface area contributed by atoms with E-state index in [1.54, 1.807) is 12.4 Å². The van der Waals surface area contributed by atoms with Crippen molar-refractivity contribution in [2.24, 2.45) is 5.41 Å². The van der Waals surface area contributed by atoms with E-state index in [1.165, 1.54) is 5.56 Å². The summed E-state index contributed by atoms with van der Waals surface area (Å²) in [5.41, 5.74) is 0.707. The Balaban J connectivity index is 1.43. The first-order valence-corrected chi connectivity index (χ1v) is 10.3. The van der Waals surface area contributed by atoms with Crippen LogP contribution in [0.15, 0.2) is 42.7 Å². The lowest BCUT2D eigenvalue weighted by Crippen LogP contribution is -2.49. The molecule has 2 saturated heterocycles. The van der Waals surface area contributed by atoms with Crippen LogP contribution in [0.3, 0.4) is 0 Å². The maximum absolute atomic E-state index is 13.1. The Bertz CT molecular complexity index is 820. The molecule has 2 aromatic rings. The van der Waals surface area contributed by atoms with E-state index in [2.05, 4.69) is 34.3 Å². The molecule has 1 aromatic carbocycles. The van der Waals surface area contributed by atoms with Crippen molar-refractivity contribution in [2.45, 2.75) is 64.1 Å². The molecule has 3 atom stereocenters. The Morgan fingerprint density at radius 1 is 1.29 bits per heavy atom. The van der Waals surface area contributed by atoms with Gasteiger partial charge in [-0.05, 0) is 37.7 Å². The Morgan fingerprint density at radius 2 is 2.11 bits per heavy atom. The predicted molar refractivity (Wildman–Crippen MR) is 106 cm³/mol. The number of aryl methyl sites for hydroxylation is 1. The summed E-state index contributed by atoms with van der Waals surface area (Å²) >= 11 is 0. The molecular formula is C22H28N4O2. The number of aromatic nitrogens is 2. The minimum atomic E-state index is -0.474. The largest absolute Gasteiger partial charge is 0.348 e. The Kier molecular flexibility index (Phi) is 5.20. The molecule has 0 radical (unpaired) electrons. The number of carbonyl (C=O) groups is 2. The number of carbonyl (C=O) groups excluding carboxylic acids is 2. The van der Waals surface area contributed by atoms with E-state index in [-0.39, 0.29) is 23.9 Å². The van der Waals surface area contributed by atoms with Gasteiger partial charge in [0.25, 0.3) is 0 Å². The maximum Gasteiger partial charge on any atom is 0.228 e. The lowest BCUT2D eigenvalue weighted by Gasteiger charge is -2.35. The van der Waals surface area contributed by atoms with Gasteiger partial charge in [0.05, 0.1) is 12.0 Å². The van der Waals surface area contributed by atoms with Crippen molar-refractivity contribution in [1.29, 1.82) is 0 Å². The molecule has 2 aliphatic heterocycles. The maximum atomic E-state index is 13.1. The number of aromatic amines is 1. The van der Waals surface area contributed by atoms with Crippen molar-refractivity contribution >= 4 is 11.8 Å². The van der Waals surface area contributed by atoms with E-state index in [9.17, 15) is 9.59 Å². The number of hydrogen-bond donors (Lipinski definition) is 2. The van der Waals surface area contributed by atoms with Gasteiger partial charge in [-0.1, -0.05) is 37.3 Å². The van der Waals surface area contributed by atoms with Crippen molar-refractivity contribution in [2.75, 3.05) is 0 Å². The third kappa shape index (κ3) is 3.32. The van der Waals surface area contributed by atoms with Gasteiger partial charge in [-0.15, -0.1) is 0 Å². The first-order valence-electron chi connectivity index (χ1n) is 10.3. The number of rotatable bonds is 7. The van der Waals surface area contributed by atoms with E-state index in [0.717, 1.165) is 37.9 Å². The molecule has 2 aliphatic rings. The number of H-pyrrole nitrogens is 1. The van der Waals surface area contributed by atoms with E-state index < -0.39 is 5.41 Å². The molecular weight excluding hydrogens is 352 g/mol. The van der Waals surface area contributed by atoms with Crippen LogP contribution < -0.4 is 5.32 Å². The number of amides is 2. The summed E-state index contributed by atoms with van der Waals surface area (Å²) in [5.74, 6) is 0.989. The summed E-state index contributed by atoms with van der Waals surface area (Å²) in [6.45, 7) is 2.47. The highest BCUT2D eigenvalue weighted by atomic mass is 16.2. The zero-order valence-corrected chi connectivity index (χ0v) is 16.4. The van der Waals surface area contributed by atoms with Gasteiger partial charge in [0.1, 0.15) is 5.82 Å². The molecule has 2 N–H and O–H groups in total. The second-order valence-electron chi connectivity index (χ2n) is 7.97.